The number of anilines is 1. The Bertz CT molecular complexity index is 1110. The van der Waals surface area contributed by atoms with Crippen molar-refractivity contribution in [3.8, 4) is 11.4 Å². The van der Waals surface area contributed by atoms with Crippen LogP contribution in [0, 0.1) is 17.8 Å². The quantitative estimate of drug-likeness (QED) is 0.594. The van der Waals surface area contributed by atoms with Crippen LogP contribution in [0.5, 0.6) is 0 Å². The highest BCUT2D eigenvalue weighted by Gasteiger charge is 2.54. The number of hydrogen-bond donors (Lipinski definition) is 3. The van der Waals surface area contributed by atoms with Gasteiger partial charge in [-0.15, -0.1) is 0 Å². The van der Waals surface area contributed by atoms with Crippen LogP contribution in [0.4, 0.5) is 18.9 Å². The van der Waals surface area contributed by atoms with Crippen molar-refractivity contribution in [1.82, 2.24) is 20.1 Å². The van der Waals surface area contributed by atoms with Crippen molar-refractivity contribution in [2.24, 2.45) is 17.8 Å². The summed E-state index contributed by atoms with van der Waals surface area (Å²) in [5.41, 5.74) is 1.09. The van der Waals surface area contributed by atoms with E-state index in [1.54, 1.807) is 6.20 Å². The van der Waals surface area contributed by atoms with Crippen molar-refractivity contribution >= 4 is 16.7 Å². The summed E-state index contributed by atoms with van der Waals surface area (Å²) in [5.74, 6) is -0.321. The highest BCUT2D eigenvalue weighted by Crippen LogP contribution is 2.56. The van der Waals surface area contributed by atoms with Gasteiger partial charge in [-0.05, 0) is 55.9 Å². The summed E-state index contributed by atoms with van der Waals surface area (Å²) in [5, 5.41) is 18.8. The Hall–Kier alpha value is -2.62. The lowest BCUT2D eigenvalue weighted by Crippen LogP contribution is -2.59. The van der Waals surface area contributed by atoms with Crippen molar-refractivity contribution in [2.45, 2.75) is 49.9 Å². The fourth-order valence-corrected chi connectivity index (χ4v) is 6.16. The summed E-state index contributed by atoms with van der Waals surface area (Å²) < 4.78 is 43.4. The molecule has 3 N–H and O–H groups in total. The van der Waals surface area contributed by atoms with Gasteiger partial charge in [-0.2, -0.15) is 18.2 Å². The molecule has 4 aliphatic rings. The van der Waals surface area contributed by atoms with Crippen molar-refractivity contribution in [3.05, 3.63) is 24.4 Å². The van der Waals surface area contributed by atoms with Gasteiger partial charge in [0, 0.05) is 23.8 Å². The van der Waals surface area contributed by atoms with Crippen molar-refractivity contribution < 1.29 is 22.8 Å². The average molecular weight is 419 g/mol. The van der Waals surface area contributed by atoms with E-state index in [-0.39, 0.29) is 11.9 Å². The number of H-pyrrole nitrogens is 1. The number of aromatic amines is 1. The SMILES string of the molecule is O[C@]12CC3CC(C1)[C@H](Nc1c(-c4noc(C(F)(F)F)n4)cnc4[nH]ccc14)C(C3)C2. The van der Waals surface area contributed by atoms with E-state index in [4.69, 9.17) is 0 Å². The smallest absolute Gasteiger partial charge is 0.390 e. The highest BCUT2D eigenvalue weighted by atomic mass is 19.4. The van der Waals surface area contributed by atoms with E-state index in [2.05, 4.69) is 29.9 Å². The molecule has 4 saturated carbocycles. The summed E-state index contributed by atoms with van der Waals surface area (Å²) in [6.07, 6.45) is 3.03. The molecule has 0 radical (unpaired) electrons. The molecule has 0 spiro atoms. The number of halogens is 3. The van der Waals surface area contributed by atoms with Crippen LogP contribution in [-0.4, -0.2) is 36.9 Å². The first-order valence-corrected chi connectivity index (χ1v) is 10.2. The molecule has 4 aliphatic carbocycles. The van der Waals surface area contributed by atoms with Gasteiger partial charge in [0.15, 0.2) is 0 Å². The van der Waals surface area contributed by atoms with Gasteiger partial charge in [-0.3, -0.25) is 0 Å². The van der Waals surface area contributed by atoms with Crippen LogP contribution in [0.2, 0.25) is 0 Å². The van der Waals surface area contributed by atoms with E-state index in [0.29, 0.717) is 34.7 Å². The zero-order valence-electron chi connectivity index (χ0n) is 15.9. The van der Waals surface area contributed by atoms with Gasteiger partial charge >= 0.3 is 12.1 Å². The molecule has 7 rings (SSSR count). The summed E-state index contributed by atoms with van der Waals surface area (Å²) in [4.78, 5) is 10.9. The Labute approximate surface area is 169 Å². The molecule has 0 amide bonds. The molecule has 0 saturated heterocycles. The molecule has 3 aromatic rings. The lowest BCUT2D eigenvalue weighted by molar-refractivity contribution is -0.159. The van der Waals surface area contributed by atoms with Crippen LogP contribution in [0.25, 0.3) is 22.4 Å². The second-order valence-corrected chi connectivity index (χ2v) is 9.07. The van der Waals surface area contributed by atoms with Crippen LogP contribution in [0.1, 0.15) is 38.0 Å². The molecule has 3 aromatic heterocycles. The van der Waals surface area contributed by atoms with Crippen LogP contribution < -0.4 is 5.32 Å². The number of rotatable bonds is 3. The normalized spacial score (nSPS) is 32.8. The predicted molar refractivity (Wildman–Crippen MR) is 100 cm³/mol. The summed E-state index contributed by atoms with van der Waals surface area (Å²) >= 11 is 0. The Kier molecular flexibility index (Phi) is 3.61. The molecular formula is C20H20F3N5O2. The molecule has 158 valence electrons. The minimum absolute atomic E-state index is 0.134. The molecule has 0 aliphatic heterocycles. The second-order valence-electron chi connectivity index (χ2n) is 9.07. The minimum atomic E-state index is -4.71. The summed E-state index contributed by atoms with van der Waals surface area (Å²) in [6, 6.07) is 1.97. The van der Waals surface area contributed by atoms with Gasteiger partial charge in [-0.1, -0.05) is 5.16 Å². The van der Waals surface area contributed by atoms with E-state index >= 15 is 0 Å². The molecule has 0 aromatic carbocycles. The first kappa shape index (κ1) is 18.2. The second kappa shape index (κ2) is 5.96. The average Bonchev–Trinajstić information content (AvgIpc) is 3.32. The first-order valence-electron chi connectivity index (χ1n) is 10.2. The van der Waals surface area contributed by atoms with Crippen molar-refractivity contribution in [2.75, 3.05) is 5.32 Å². The van der Waals surface area contributed by atoms with E-state index < -0.39 is 17.7 Å². The van der Waals surface area contributed by atoms with Crippen LogP contribution >= 0.6 is 0 Å². The number of fused-ring (bicyclic) bond motifs is 1. The Morgan fingerprint density at radius 3 is 2.63 bits per heavy atom. The molecule has 4 bridgehead atoms. The first-order chi connectivity index (χ1) is 14.3. The standard InChI is InChI=1S/C20H20F3N5O2/c21-20(22,23)18-27-17(28-30-18)13-8-25-16-12(1-2-24-16)15(13)26-14-10-3-9-4-11(14)7-19(29,5-9)6-10/h1-2,8-11,14,29H,3-7H2,(H2,24,25,26)/t9?,10?,11?,14-,19+. The third-order valence-corrected chi connectivity index (χ3v) is 7.05. The van der Waals surface area contributed by atoms with E-state index in [0.717, 1.165) is 37.5 Å². The predicted octanol–water partition coefficient (Wildman–Crippen LogP) is 3.98. The maximum atomic E-state index is 13.0. The van der Waals surface area contributed by atoms with E-state index in [1.165, 1.54) is 6.20 Å². The third-order valence-electron chi connectivity index (χ3n) is 7.05. The highest BCUT2D eigenvalue weighted by molar-refractivity contribution is 5.97. The largest absolute Gasteiger partial charge is 0.471 e. The maximum Gasteiger partial charge on any atom is 0.471 e. The summed E-state index contributed by atoms with van der Waals surface area (Å²) in [6.45, 7) is 0. The Balaban J connectivity index is 1.41. The number of pyridine rings is 1. The molecule has 10 heteroatoms. The van der Waals surface area contributed by atoms with Gasteiger partial charge in [0.1, 0.15) is 5.65 Å². The molecule has 30 heavy (non-hydrogen) atoms. The number of nitrogens with zero attached hydrogens (tertiary/aromatic N) is 3. The fourth-order valence-electron chi connectivity index (χ4n) is 6.16. The Morgan fingerprint density at radius 1 is 1.20 bits per heavy atom. The molecule has 2 atom stereocenters. The number of aliphatic hydroxyl groups is 1. The molecule has 2 unspecified atom stereocenters. The zero-order valence-corrected chi connectivity index (χ0v) is 15.9. The topological polar surface area (TPSA) is 99.9 Å². The van der Waals surface area contributed by atoms with Crippen LogP contribution in [0.15, 0.2) is 23.0 Å². The Morgan fingerprint density at radius 2 is 1.97 bits per heavy atom. The monoisotopic (exact) mass is 419 g/mol. The molecular weight excluding hydrogens is 399 g/mol. The van der Waals surface area contributed by atoms with Gasteiger partial charge in [0.05, 0.1) is 16.9 Å². The number of hydrogen-bond acceptors (Lipinski definition) is 6. The molecule has 4 fully saturated rings. The summed E-state index contributed by atoms with van der Waals surface area (Å²) in [7, 11) is 0. The van der Waals surface area contributed by atoms with Gasteiger partial charge < -0.3 is 19.9 Å². The minimum Gasteiger partial charge on any atom is -0.390 e. The zero-order chi connectivity index (χ0) is 20.7. The number of aromatic nitrogens is 4. The number of alkyl halides is 3. The van der Waals surface area contributed by atoms with E-state index in [1.807, 2.05) is 6.07 Å². The third kappa shape index (κ3) is 2.73. The molecule has 7 nitrogen and oxygen atoms in total. The van der Waals surface area contributed by atoms with Crippen LogP contribution in [0.3, 0.4) is 0 Å². The van der Waals surface area contributed by atoms with E-state index in [9.17, 15) is 18.3 Å². The van der Waals surface area contributed by atoms with Gasteiger partial charge in [-0.25, -0.2) is 4.98 Å². The van der Waals surface area contributed by atoms with Gasteiger partial charge in [0.2, 0.25) is 5.82 Å². The van der Waals surface area contributed by atoms with Gasteiger partial charge in [0.25, 0.3) is 0 Å². The van der Waals surface area contributed by atoms with Crippen LogP contribution in [-0.2, 0) is 6.18 Å². The van der Waals surface area contributed by atoms with Crippen molar-refractivity contribution in [3.63, 3.8) is 0 Å². The fraction of sp³-hybridized carbons (Fsp3) is 0.550. The molecule has 3 heterocycles. The number of nitrogens with one attached hydrogen (secondary N) is 2. The lowest BCUT2D eigenvalue weighted by Gasteiger charge is -2.58. The lowest BCUT2D eigenvalue weighted by atomic mass is 9.52. The van der Waals surface area contributed by atoms with Crippen molar-refractivity contribution in [1.29, 1.82) is 0 Å². The maximum absolute atomic E-state index is 13.0.